The number of non-ortho nitro benzene ring substituents is 1. The lowest BCUT2D eigenvalue weighted by Crippen LogP contribution is -2.32. The predicted octanol–water partition coefficient (Wildman–Crippen LogP) is 3.14. The van der Waals surface area contributed by atoms with E-state index in [1.807, 2.05) is 0 Å². The van der Waals surface area contributed by atoms with Crippen LogP contribution in [0.3, 0.4) is 0 Å². The van der Waals surface area contributed by atoms with Crippen molar-refractivity contribution in [2.75, 3.05) is 0 Å². The Balaban J connectivity index is 1.98. The predicted molar refractivity (Wildman–Crippen MR) is 88.4 cm³/mol. The zero-order valence-electron chi connectivity index (χ0n) is 13.3. The molecule has 0 saturated carbocycles. The van der Waals surface area contributed by atoms with Gasteiger partial charge in [-0.25, -0.2) is 23.4 Å². The Kier molecular flexibility index (Phi) is 4.71. The quantitative estimate of drug-likeness (QED) is 0.516. The van der Waals surface area contributed by atoms with Crippen molar-refractivity contribution in [1.82, 2.24) is 9.55 Å². The molecule has 0 N–H and O–H groups in total. The highest BCUT2D eigenvalue weighted by Crippen LogP contribution is 2.22. The fourth-order valence-corrected chi connectivity index (χ4v) is 2.25. The van der Waals surface area contributed by atoms with Crippen LogP contribution >= 0.6 is 0 Å². The monoisotopic (exact) mass is 373 g/mol. The number of nitro groups is 1. The van der Waals surface area contributed by atoms with Crippen molar-refractivity contribution >= 4 is 11.8 Å². The van der Waals surface area contributed by atoms with Crippen molar-refractivity contribution in [3.63, 3.8) is 0 Å². The van der Waals surface area contributed by atoms with Crippen molar-refractivity contribution in [3.05, 3.63) is 87.0 Å². The minimum atomic E-state index is -1.17. The third kappa shape index (κ3) is 3.68. The van der Waals surface area contributed by atoms with Gasteiger partial charge >= 0.3 is 11.8 Å². The SMILES string of the molecule is O=C(Oc1ccc([N+](=O)[O-])cc1)n1c(-c2ccc(F)c(F)c2)ccnc1=O. The number of halogens is 2. The molecule has 0 aliphatic carbocycles. The molecule has 136 valence electrons. The van der Waals surface area contributed by atoms with Crippen LogP contribution in [-0.2, 0) is 0 Å². The zero-order valence-corrected chi connectivity index (χ0v) is 13.3. The summed E-state index contributed by atoms with van der Waals surface area (Å²) in [4.78, 5) is 37.9. The summed E-state index contributed by atoms with van der Waals surface area (Å²) in [6, 6.07) is 8.69. The molecule has 0 radical (unpaired) electrons. The second-order valence-electron chi connectivity index (χ2n) is 5.20. The first kappa shape index (κ1) is 17.9. The fourth-order valence-electron chi connectivity index (χ4n) is 2.25. The van der Waals surface area contributed by atoms with E-state index in [0.29, 0.717) is 4.57 Å². The van der Waals surface area contributed by atoms with Gasteiger partial charge in [0.2, 0.25) is 0 Å². The van der Waals surface area contributed by atoms with Crippen LogP contribution in [0.15, 0.2) is 59.5 Å². The van der Waals surface area contributed by atoms with Crippen LogP contribution in [0.5, 0.6) is 5.75 Å². The highest BCUT2D eigenvalue weighted by Gasteiger charge is 2.18. The van der Waals surface area contributed by atoms with Crippen LogP contribution < -0.4 is 10.4 Å². The zero-order chi connectivity index (χ0) is 19.6. The lowest BCUT2D eigenvalue weighted by atomic mass is 10.1. The van der Waals surface area contributed by atoms with Gasteiger partial charge in [-0.1, -0.05) is 0 Å². The third-order valence-corrected chi connectivity index (χ3v) is 3.50. The average molecular weight is 373 g/mol. The Labute approximate surface area is 149 Å². The highest BCUT2D eigenvalue weighted by atomic mass is 19.2. The number of benzene rings is 2. The maximum absolute atomic E-state index is 13.5. The summed E-state index contributed by atoms with van der Waals surface area (Å²) in [6.07, 6.45) is -0.0594. The lowest BCUT2D eigenvalue weighted by molar-refractivity contribution is -0.384. The molecule has 3 rings (SSSR count). The molecule has 2 aromatic carbocycles. The first-order valence-electron chi connectivity index (χ1n) is 7.37. The summed E-state index contributed by atoms with van der Waals surface area (Å²) < 4.78 is 32.2. The van der Waals surface area contributed by atoms with E-state index in [2.05, 4.69) is 4.98 Å². The standard InChI is InChI=1S/C17H9F2N3O5/c18-13-6-1-10(9-14(13)19)15-7-8-20-16(23)21(15)17(24)27-12-4-2-11(3-5-12)22(25)26/h1-9H. The van der Waals surface area contributed by atoms with Crippen molar-refractivity contribution in [2.45, 2.75) is 0 Å². The molecular weight excluding hydrogens is 364 g/mol. The van der Waals surface area contributed by atoms with Gasteiger partial charge in [0.1, 0.15) is 5.75 Å². The molecule has 3 aromatic rings. The average Bonchev–Trinajstić information content (AvgIpc) is 2.64. The molecule has 1 heterocycles. The van der Waals surface area contributed by atoms with E-state index >= 15 is 0 Å². The minimum absolute atomic E-state index is 0.0500. The molecule has 0 fully saturated rings. The first-order chi connectivity index (χ1) is 12.9. The van der Waals surface area contributed by atoms with Crippen LogP contribution in [0.4, 0.5) is 19.3 Å². The number of carbonyl (C=O) groups is 1. The van der Waals surface area contributed by atoms with E-state index in [1.165, 1.54) is 24.3 Å². The summed E-state index contributed by atoms with van der Waals surface area (Å²) in [6.45, 7) is 0. The second kappa shape index (κ2) is 7.12. The summed E-state index contributed by atoms with van der Waals surface area (Å²) in [5, 5.41) is 10.6. The first-order valence-corrected chi connectivity index (χ1v) is 7.37. The number of hydrogen-bond donors (Lipinski definition) is 0. The minimum Gasteiger partial charge on any atom is -0.410 e. The number of carbonyl (C=O) groups excluding carboxylic acids is 1. The molecule has 0 unspecified atom stereocenters. The third-order valence-electron chi connectivity index (χ3n) is 3.50. The molecule has 0 atom stereocenters. The van der Waals surface area contributed by atoms with E-state index in [1.54, 1.807) is 0 Å². The van der Waals surface area contributed by atoms with E-state index < -0.39 is 28.3 Å². The van der Waals surface area contributed by atoms with Crippen LogP contribution in [0.2, 0.25) is 0 Å². The Bertz CT molecular complexity index is 1100. The molecule has 0 bridgehead atoms. The van der Waals surface area contributed by atoms with Gasteiger partial charge in [0, 0.05) is 23.9 Å². The second-order valence-corrected chi connectivity index (χ2v) is 5.20. The largest absolute Gasteiger partial charge is 0.428 e. The maximum Gasteiger partial charge on any atom is 0.428 e. The number of rotatable bonds is 3. The van der Waals surface area contributed by atoms with Gasteiger partial charge in [-0.05, 0) is 36.4 Å². The van der Waals surface area contributed by atoms with E-state index in [-0.39, 0.29) is 22.7 Å². The Morgan fingerprint density at radius 2 is 1.78 bits per heavy atom. The van der Waals surface area contributed by atoms with Gasteiger partial charge < -0.3 is 4.74 Å². The molecule has 10 heteroatoms. The smallest absolute Gasteiger partial charge is 0.410 e. The number of nitrogens with zero attached hydrogens (tertiary/aromatic N) is 3. The Hall–Kier alpha value is -3.95. The molecule has 1 aromatic heterocycles. The van der Waals surface area contributed by atoms with E-state index in [9.17, 15) is 28.5 Å². The molecule has 0 spiro atoms. The highest BCUT2D eigenvalue weighted by molar-refractivity contribution is 5.79. The number of nitro benzene ring substituents is 1. The fraction of sp³-hybridized carbons (Fsp3) is 0. The van der Waals surface area contributed by atoms with Gasteiger partial charge in [-0.3, -0.25) is 10.1 Å². The van der Waals surface area contributed by atoms with Crippen LogP contribution in [0.25, 0.3) is 11.3 Å². The summed E-state index contributed by atoms with van der Waals surface area (Å²) in [7, 11) is 0. The Morgan fingerprint density at radius 3 is 2.41 bits per heavy atom. The summed E-state index contributed by atoms with van der Waals surface area (Å²) in [5.41, 5.74) is -1.23. The molecule has 0 saturated heterocycles. The molecular formula is C17H9F2N3O5. The van der Waals surface area contributed by atoms with Crippen molar-refractivity contribution in [2.24, 2.45) is 0 Å². The van der Waals surface area contributed by atoms with Gasteiger partial charge in [0.05, 0.1) is 10.6 Å². The number of hydrogen-bond acceptors (Lipinski definition) is 6. The van der Waals surface area contributed by atoms with Crippen molar-refractivity contribution in [3.8, 4) is 17.0 Å². The molecule has 0 aliphatic rings. The van der Waals surface area contributed by atoms with Gasteiger partial charge in [0.15, 0.2) is 11.6 Å². The van der Waals surface area contributed by atoms with Crippen LogP contribution in [0.1, 0.15) is 0 Å². The lowest BCUT2D eigenvalue weighted by Gasteiger charge is -2.11. The van der Waals surface area contributed by atoms with E-state index in [0.717, 1.165) is 30.5 Å². The van der Waals surface area contributed by atoms with Crippen molar-refractivity contribution < 1.29 is 23.2 Å². The Morgan fingerprint density at radius 1 is 1.07 bits per heavy atom. The normalized spacial score (nSPS) is 10.4. The van der Waals surface area contributed by atoms with Crippen LogP contribution in [0, 0.1) is 21.7 Å². The summed E-state index contributed by atoms with van der Waals surface area (Å²) >= 11 is 0. The molecule has 27 heavy (non-hydrogen) atoms. The maximum atomic E-state index is 13.5. The van der Waals surface area contributed by atoms with Gasteiger partial charge in [0.25, 0.3) is 5.69 Å². The number of aromatic nitrogens is 2. The molecule has 8 nitrogen and oxygen atoms in total. The van der Waals surface area contributed by atoms with Gasteiger partial charge in [-0.15, -0.1) is 0 Å². The molecule has 0 aliphatic heterocycles. The topological polar surface area (TPSA) is 104 Å². The van der Waals surface area contributed by atoms with Crippen molar-refractivity contribution in [1.29, 1.82) is 0 Å². The van der Waals surface area contributed by atoms with Gasteiger partial charge in [-0.2, -0.15) is 4.57 Å². The molecule has 0 amide bonds. The van der Waals surface area contributed by atoms with E-state index in [4.69, 9.17) is 4.74 Å². The summed E-state index contributed by atoms with van der Waals surface area (Å²) in [5.74, 6) is -2.31. The van der Waals surface area contributed by atoms with Crippen LogP contribution in [-0.4, -0.2) is 20.6 Å². The number of ether oxygens (including phenoxy) is 1.